The van der Waals surface area contributed by atoms with E-state index in [9.17, 15) is 19.7 Å². The van der Waals surface area contributed by atoms with Gasteiger partial charge >= 0.3 is 0 Å². The first-order valence-corrected chi connectivity index (χ1v) is 10.6. The molecule has 7 nitrogen and oxygen atoms in total. The van der Waals surface area contributed by atoms with E-state index < -0.39 is 4.92 Å². The Hall–Kier alpha value is -3.65. The molecule has 156 valence electrons. The van der Waals surface area contributed by atoms with Crippen LogP contribution in [-0.2, 0) is 4.79 Å². The standard InChI is InChI=1S/C23H19N3O4S/c1-15-3-2-4-20(13-15)25-21(27)14-31-23(25)17-5-9-18(10-6-17)24-22(28)16-7-11-19(12-8-16)26(29)30/h2-13,23H,14H2,1H3,(H,24,28). The van der Waals surface area contributed by atoms with Gasteiger partial charge in [0, 0.05) is 29.1 Å². The molecule has 1 N–H and O–H groups in total. The van der Waals surface area contributed by atoms with Crippen molar-refractivity contribution in [2.24, 2.45) is 0 Å². The molecule has 0 spiro atoms. The number of rotatable bonds is 5. The van der Waals surface area contributed by atoms with Crippen LogP contribution in [0.4, 0.5) is 17.1 Å². The average molecular weight is 433 g/mol. The highest BCUT2D eigenvalue weighted by atomic mass is 32.2. The number of hydrogen-bond donors (Lipinski definition) is 1. The highest BCUT2D eigenvalue weighted by molar-refractivity contribution is 8.00. The van der Waals surface area contributed by atoms with Gasteiger partial charge in [-0.2, -0.15) is 0 Å². The Labute approximate surface area is 183 Å². The van der Waals surface area contributed by atoms with Gasteiger partial charge in [0.2, 0.25) is 5.91 Å². The average Bonchev–Trinajstić information content (AvgIpc) is 3.15. The Morgan fingerprint density at radius 2 is 1.81 bits per heavy atom. The van der Waals surface area contributed by atoms with Crippen LogP contribution in [0.2, 0.25) is 0 Å². The van der Waals surface area contributed by atoms with Crippen molar-refractivity contribution in [3.63, 3.8) is 0 Å². The minimum atomic E-state index is -0.508. The molecule has 0 radical (unpaired) electrons. The number of thioether (sulfide) groups is 1. The van der Waals surface area contributed by atoms with Crippen LogP contribution in [-0.4, -0.2) is 22.5 Å². The molecule has 2 amide bonds. The monoisotopic (exact) mass is 433 g/mol. The number of nitrogens with zero attached hydrogens (tertiary/aromatic N) is 2. The number of carbonyl (C=O) groups excluding carboxylic acids is 2. The van der Waals surface area contributed by atoms with Crippen LogP contribution in [0.1, 0.15) is 26.9 Å². The molecule has 31 heavy (non-hydrogen) atoms. The molecule has 1 aliphatic heterocycles. The number of carbonyl (C=O) groups is 2. The maximum absolute atomic E-state index is 12.5. The van der Waals surface area contributed by atoms with Gasteiger partial charge in [-0.15, -0.1) is 11.8 Å². The van der Waals surface area contributed by atoms with E-state index in [1.165, 1.54) is 24.3 Å². The smallest absolute Gasteiger partial charge is 0.269 e. The summed E-state index contributed by atoms with van der Waals surface area (Å²) in [5.74, 6) is 0.127. The summed E-state index contributed by atoms with van der Waals surface area (Å²) in [6.07, 6.45) is 0. The normalized spacial score (nSPS) is 15.7. The molecule has 1 aliphatic rings. The van der Waals surface area contributed by atoms with Crippen molar-refractivity contribution < 1.29 is 14.5 Å². The number of nitrogens with one attached hydrogen (secondary N) is 1. The lowest BCUT2D eigenvalue weighted by Crippen LogP contribution is -2.27. The fourth-order valence-electron chi connectivity index (χ4n) is 3.40. The second-order valence-electron chi connectivity index (χ2n) is 7.15. The highest BCUT2D eigenvalue weighted by Gasteiger charge is 2.34. The van der Waals surface area contributed by atoms with Crippen molar-refractivity contribution >= 4 is 40.6 Å². The fourth-order valence-corrected chi connectivity index (χ4v) is 4.57. The molecule has 1 saturated heterocycles. The summed E-state index contributed by atoms with van der Waals surface area (Å²) >= 11 is 1.57. The predicted molar refractivity (Wildman–Crippen MR) is 121 cm³/mol. The van der Waals surface area contributed by atoms with Gasteiger partial charge in [0.05, 0.1) is 10.7 Å². The Kier molecular flexibility index (Phi) is 5.73. The first-order chi connectivity index (χ1) is 14.9. The van der Waals surface area contributed by atoms with E-state index in [0.717, 1.165) is 16.8 Å². The topological polar surface area (TPSA) is 92.6 Å². The molecular weight excluding hydrogens is 414 g/mol. The van der Waals surface area contributed by atoms with Crippen molar-refractivity contribution in [3.8, 4) is 0 Å². The van der Waals surface area contributed by atoms with Gasteiger partial charge in [0.1, 0.15) is 5.37 Å². The Morgan fingerprint density at radius 1 is 1.10 bits per heavy atom. The zero-order chi connectivity index (χ0) is 22.0. The molecule has 1 fully saturated rings. The second kappa shape index (κ2) is 8.61. The van der Waals surface area contributed by atoms with E-state index in [1.807, 2.05) is 48.2 Å². The van der Waals surface area contributed by atoms with Gasteiger partial charge in [-0.05, 0) is 54.4 Å². The van der Waals surface area contributed by atoms with Crippen LogP contribution in [0.25, 0.3) is 0 Å². The number of amides is 2. The minimum Gasteiger partial charge on any atom is -0.322 e. The predicted octanol–water partition coefficient (Wildman–Crippen LogP) is 4.93. The summed E-state index contributed by atoms with van der Waals surface area (Å²) in [5, 5.41) is 13.4. The number of anilines is 2. The molecule has 4 rings (SSSR count). The van der Waals surface area contributed by atoms with E-state index in [1.54, 1.807) is 23.9 Å². The molecule has 0 aromatic heterocycles. The maximum Gasteiger partial charge on any atom is 0.269 e. The van der Waals surface area contributed by atoms with Crippen LogP contribution < -0.4 is 10.2 Å². The number of nitro benzene ring substituents is 1. The van der Waals surface area contributed by atoms with Crippen molar-refractivity contribution in [3.05, 3.63) is 99.6 Å². The number of aryl methyl sites for hydroxylation is 1. The van der Waals surface area contributed by atoms with Crippen LogP contribution in [0.15, 0.2) is 72.8 Å². The van der Waals surface area contributed by atoms with Crippen LogP contribution in [0.5, 0.6) is 0 Å². The van der Waals surface area contributed by atoms with Gasteiger partial charge in [0.15, 0.2) is 0 Å². The molecule has 0 saturated carbocycles. The lowest BCUT2D eigenvalue weighted by Gasteiger charge is -2.25. The molecular formula is C23H19N3O4S. The molecule has 3 aromatic rings. The molecule has 8 heteroatoms. The summed E-state index contributed by atoms with van der Waals surface area (Å²) in [6.45, 7) is 1.99. The first kappa shape index (κ1) is 20.6. The maximum atomic E-state index is 12.5. The Morgan fingerprint density at radius 3 is 2.45 bits per heavy atom. The van der Waals surface area contributed by atoms with Crippen molar-refractivity contribution in [2.75, 3.05) is 16.0 Å². The molecule has 1 atom stereocenters. The number of benzene rings is 3. The molecule has 0 bridgehead atoms. The van der Waals surface area contributed by atoms with Crippen LogP contribution in [0, 0.1) is 17.0 Å². The molecule has 1 heterocycles. The summed E-state index contributed by atoms with van der Waals surface area (Å²) in [7, 11) is 0. The second-order valence-corrected chi connectivity index (χ2v) is 8.21. The van der Waals surface area contributed by atoms with E-state index in [-0.39, 0.29) is 22.9 Å². The van der Waals surface area contributed by atoms with Gasteiger partial charge in [0.25, 0.3) is 11.6 Å². The van der Waals surface area contributed by atoms with Crippen LogP contribution >= 0.6 is 11.8 Å². The Bertz CT molecular complexity index is 1150. The van der Waals surface area contributed by atoms with Gasteiger partial charge in [-0.1, -0.05) is 24.3 Å². The van der Waals surface area contributed by atoms with E-state index in [4.69, 9.17) is 0 Å². The van der Waals surface area contributed by atoms with Crippen LogP contribution in [0.3, 0.4) is 0 Å². The fraction of sp³-hybridized carbons (Fsp3) is 0.130. The van der Waals surface area contributed by atoms with Gasteiger partial charge in [-0.3, -0.25) is 24.6 Å². The summed E-state index contributed by atoms with van der Waals surface area (Å²) in [5.41, 5.74) is 3.79. The lowest BCUT2D eigenvalue weighted by atomic mass is 10.1. The van der Waals surface area contributed by atoms with E-state index in [0.29, 0.717) is 17.0 Å². The third-order valence-corrected chi connectivity index (χ3v) is 6.15. The van der Waals surface area contributed by atoms with Crippen molar-refractivity contribution in [2.45, 2.75) is 12.3 Å². The molecule has 3 aromatic carbocycles. The third-order valence-electron chi connectivity index (χ3n) is 4.94. The zero-order valence-corrected chi connectivity index (χ0v) is 17.5. The van der Waals surface area contributed by atoms with Gasteiger partial charge in [-0.25, -0.2) is 0 Å². The lowest BCUT2D eigenvalue weighted by molar-refractivity contribution is -0.384. The molecule has 1 unspecified atom stereocenters. The number of nitro groups is 1. The van der Waals surface area contributed by atoms with Gasteiger partial charge < -0.3 is 5.32 Å². The number of hydrogen-bond acceptors (Lipinski definition) is 5. The summed E-state index contributed by atoms with van der Waals surface area (Å²) < 4.78 is 0. The summed E-state index contributed by atoms with van der Waals surface area (Å²) in [6, 6.07) is 20.7. The minimum absolute atomic E-state index is 0.0659. The largest absolute Gasteiger partial charge is 0.322 e. The van der Waals surface area contributed by atoms with E-state index >= 15 is 0 Å². The summed E-state index contributed by atoms with van der Waals surface area (Å²) in [4.78, 5) is 37.0. The molecule has 0 aliphatic carbocycles. The SMILES string of the molecule is Cc1cccc(N2C(=O)CSC2c2ccc(NC(=O)c3ccc([N+](=O)[O-])cc3)cc2)c1. The van der Waals surface area contributed by atoms with Crippen molar-refractivity contribution in [1.82, 2.24) is 0 Å². The quantitative estimate of drug-likeness (QED) is 0.455. The van der Waals surface area contributed by atoms with E-state index in [2.05, 4.69) is 5.32 Å². The first-order valence-electron chi connectivity index (χ1n) is 9.58. The zero-order valence-electron chi connectivity index (χ0n) is 16.6. The van der Waals surface area contributed by atoms with Crippen molar-refractivity contribution in [1.29, 1.82) is 0 Å². The number of non-ortho nitro benzene ring substituents is 1. The third kappa shape index (κ3) is 4.44. The Balaban J connectivity index is 1.49. The highest BCUT2D eigenvalue weighted by Crippen LogP contribution is 2.42.